The first kappa shape index (κ1) is 11.8. The van der Waals surface area contributed by atoms with Crippen molar-refractivity contribution >= 4 is 30.2 Å². The smallest absolute Gasteiger partial charge is 0.307 e. The van der Waals surface area contributed by atoms with Crippen LogP contribution in [0, 0.1) is 0 Å². The fourth-order valence-corrected chi connectivity index (χ4v) is 1.29. The third-order valence-electron chi connectivity index (χ3n) is 1.62. The van der Waals surface area contributed by atoms with Crippen LogP contribution in [0.5, 0.6) is 0 Å². The molecule has 0 aromatic carbocycles. The minimum atomic E-state index is -0.891. The highest BCUT2D eigenvalue weighted by Gasteiger charge is 2.08. The number of nitrogens with zero attached hydrogens (tertiary/aromatic N) is 1. The molecule has 11 heavy (non-hydrogen) atoms. The van der Waals surface area contributed by atoms with Crippen molar-refractivity contribution in [3.05, 3.63) is 0 Å². The van der Waals surface area contributed by atoms with Gasteiger partial charge >= 0.3 is 6.13 Å². The zero-order valence-electron chi connectivity index (χ0n) is 7.15. The lowest BCUT2D eigenvalue weighted by atomic mass is 10.2. The molecule has 0 aliphatic heterocycles. The third kappa shape index (κ3) is 7.16. The van der Waals surface area contributed by atoms with Gasteiger partial charge in [-0.25, -0.2) is 0 Å². The van der Waals surface area contributed by atoms with Gasteiger partial charge in [-0.2, -0.15) is 4.52 Å². The van der Waals surface area contributed by atoms with Crippen molar-refractivity contribution in [1.29, 1.82) is 0 Å². The van der Waals surface area contributed by atoms with Gasteiger partial charge in [0.25, 0.3) is 0 Å². The fourth-order valence-electron chi connectivity index (χ4n) is 0.560. The van der Waals surface area contributed by atoms with Gasteiger partial charge in [0.1, 0.15) is 18.9 Å². The predicted octanol–water partition coefficient (Wildman–Crippen LogP) is 2.05. The third-order valence-corrected chi connectivity index (χ3v) is 2.68. The molecule has 0 aromatic rings. The minimum Gasteiger partial charge on any atom is -0.307 e. The van der Waals surface area contributed by atoms with E-state index in [9.17, 15) is 0 Å². The number of rotatable bonds is 5. The van der Waals surface area contributed by atoms with Crippen LogP contribution in [0.4, 0.5) is 0 Å². The summed E-state index contributed by atoms with van der Waals surface area (Å²) in [4.78, 5) is 2.16. The van der Waals surface area contributed by atoms with Crippen LogP contribution in [0.3, 0.4) is 0 Å². The van der Waals surface area contributed by atoms with Crippen LogP contribution in [0.15, 0.2) is 0 Å². The lowest BCUT2D eigenvalue weighted by molar-refractivity contribution is 0.250. The summed E-state index contributed by atoms with van der Waals surface area (Å²) in [6, 6.07) is 0.549. The largest absolute Gasteiger partial charge is 0.411 e. The van der Waals surface area contributed by atoms with Crippen LogP contribution in [0.1, 0.15) is 13.3 Å². The highest BCUT2D eigenvalue weighted by molar-refractivity contribution is 8.54. The average Bonchev–Trinajstić information content (AvgIpc) is 1.86. The van der Waals surface area contributed by atoms with Gasteiger partial charge in [0.2, 0.25) is 11.8 Å². The Morgan fingerprint density at radius 3 is 2.55 bits per heavy atom. The van der Waals surface area contributed by atoms with E-state index in [1.165, 1.54) is 0 Å². The number of hydrogen-bond donors (Lipinski definition) is 1. The van der Waals surface area contributed by atoms with Crippen molar-refractivity contribution in [2.24, 2.45) is 0 Å². The normalized spacial score (nSPS) is 15.2. The van der Waals surface area contributed by atoms with E-state index in [4.69, 9.17) is 16.3 Å². The van der Waals surface area contributed by atoms with Crippen LogP contribution >= 0.6 is 18.4 Å². The molecule has 0 fully saturated rings. The second kappa shape index (κ2) is 6.32. The standard InChI is InChI=1S/C6H14NOPS2/c1-6(7(2)3)4-5-8-9(10)11/h6H,4-5H2,1-3H3/p+1. The van der Waals surface area contributed by atoms with Crippen molar-refractivity contribution < 1.29 is 4.52 Å². The first-order chi connectivity index (χ1) is 5.04. The molecular formula is C6H15NOPS2+. The Kier molecular flexibility index (Phi) is 6.78. The summed E-state index contributed by atoms with van der Waals surface area (Å²) < 4.78 is 5.18. The molecule has 0 amide bonds. The summed E-state index contributed by atoms with van der Waals surface area (Å²) in [5.41, 5.74) is 0. The summed E-state index contributed by atoms with van der Waals surface area (Å²) in [7, 11) is 4.11. The molecule has 0 aromatic heterocycles. The molecule has 0 heterocycles. The van der Waals surface area contributed by atoms with Crippen molar-refractivity contribution in [3.8, 4) is 0 Å². The molecular weight excluding hydrogens is 197 g/mol. The molecule has 2 nitrogen and oxygen atoms in total. The predicted molar refractivity (Wildman–Crippen MR) is 57.0 cm³/mol. The van der Waals surface area contributed by atoms with Gasteiger partial charge in [0.15, 0.2) is 0 Å². The summed E-state index contributed by atoms with van der Waals surface area (Å²) in [5.74, 6) is 0. The zero-order chi connectivity index (χ0) is 8.85. The van der Waals surface area contributed by atoms with Crippen molar-refractivity contribution in [3.63, 3.8) is 0 Å². The molecule has 0 N–H and O–H groups in total. The van der Waals surface area contributed by atoms with E-state index in [2.05, 4.69) is 38.2 Å². The molecule has 0 bridgehead atoms. The van der Waals surface area contributed by atoms with Crippen LogP contribution in [0.25, 0.3) is 0 Å². The highest BCUT2D eigenvalue weighted by Crippen LogP contribution is 2.27. The van der Waals surface area contributed by atoms with E-state index in [-0.39, 0.29) is 0 Å². The molecule has 0 aliphatic rings. The number of hydrogen-bond acceptors (Lipinski definition) is 3. The van der Waals surface area contributed by atoms with E-state index < -0.39 is 6.13 Å². The second-order valence-electron chi connectivity index (χ2n) is 2.67. The molecule has 0 saturated carbocycles. The molecule has 66 valence electrons. The molecule has 0 radical (unpaired) electrons. The van der Waals surface area contributed by atoms with E-state index in [0.29, 0.717) is 6.04 Å². The average molecular weight is 212 g/mol. The second-order valence-corrected chi connectivity index (χ2v) is 6.30. The van der Waals surface area contributed by atoms with Crippen molar-refractivity contribution in [1.82, 2.24) is 4.90 Å². The van der Waals surface area contributed by atoms with E-state index >= 15 is 0 Å². The summed E-state index contributed by atoms with van der Waals surface area (Å²) in [6.07, 6.45) is 0.126. The van der Waals surface area contributed by atoms with Gasteiger partial charge in [-0.3, -0.25) is 0 Å². The number of thiol groups is 1. The van der Waals surface area contributed by atoms with Gasteiger partial charge in [0, 0.05) is 6.04 Å². The lowest BCUT2D eigenvalue weighted by Crippen LogP contribution is -2.25. The van der Waals surface area contributed by atoms with Gasteiger partial charge in [0.05, 0.1) is 0 Å². The Hall–Kier alpha value is 0.790. The molecule has 0 rings (SSSR count). The summed E-state index contributed by atoms with van der Waals surface area (Å²) in [6.45, 7) is 2.88. The Morgan fingerprint density at radius 2 is 2.18 bits per heavy atom. The fraction of sp³-hybridized carbons (Fsp3) is 1.00. The van der Waals surface area contributed by atoms with E-state index in [0.717, 1.165) is 13.0 Å². The van der Waals surface area contributed by atoms with Crippen molar-refractivity contribution in [2.75, 3.05) is 20.7 Å². The van der Waals surface area contributed by atoms with Crippen LogP contribution < -0.4 is 0 Å². The first-order valence-corrected chi connectivity index (χ1v) is 6.92. The van der Waals surface area contributed by atoms with Crippen LogP contribution in [0.2, 0.25) is 0 Å². The Labute approximate surface area is 80.0 Å². The summed E-state index contributed by atoms with van der Waals surface area (Å²) in [5, 5.41) is 0. The lowest BCUT2D eigenvalue weighted by Gasteiger charge is -2.17. The van der Waals surface area contributed by atoms with Gasteiger partial charge < -0.3 is 4.90 Å². The summed E-state index contributed by atoms with van der Waals surface area (Å²) >= 11 is 8.79. The quantitative estimate of drug-likeness (QED) is 0.553. The molecule has 2 atom stereocenters. The van der Waals surface area contributed by atoms with E-state index in [1.807, 2.05) is 0 Å². The molecule has 0 saturated heterocycles. The van der Waals surface area contributed by atoms with E-state index in [1.54, 1.807) is 0 Å². The first-order valence-electron chi connectivity index (χ1n) is 3.49. The van der Waals surface area contributed by atoms with Gasteiger partial charge in [-0.15, -0.1) is 0 Å². The Morgan fingerprint density at radius 1 is 1.64 bits per heavy atom. The maximum Gasteiger partial charge on any atom is 0.411 e. The monoisotopic (exact) mass is 212 g/mol. The minimum absolute atomic E-state index is 0.549. The Balaban J connectivity index is 3.31. The maximum absolute atomic E-state index is 5.18. The highest BCUT2D eigenvalue weighted by atomic mass is 32.9. The topological polar surface area (TPSA) is 12.5 Å². The molecule has 0 spiro atoms. The molecule has 5 heteroatoms. The van der Waals surface area contributed by atoms with Crippen LogP contribution in [-0.4, -0.2) is 31.6 Å². The SMILES string of the molecule is CC(CCO[P+](=S)S)N(C)C. The molecule has 2 unspecified atom stereocenters. The molecule has 0 aliphatic carbocycles. The van der Waals surface area contributed by atoms with Gasteiger partial charge in [-0.1, -0.05) is 0 Å². The zero-order valence-corrected chi connectivity index (χ0v) is 9.76. The van der Waals surface area contributed by atoms with Crippen molar-refractivity contribution in [2.45, 2.75) is 19.4 Å². The van der Waals surface area contributed by atoms with Gasteiger partial charge in [-0.05, 0) is 27.4 Å². The van der Waals surface area contributed by atoms with Crippen LogP contribution in [-0.2, 0) is 16.3 Å². The maximum atomic E-state index is 5.18. The Bertz CT molecular complexity index is 132.